The number of rotatable bonds is 8. The minimum atomic E-state index is -0.162. The van der Waals surface area contributed by atoms with Gasteiger partial charge in [-0.2, -0.15) is 0 Å². The fourth-order valence-electron chi connectivity index (χ4n) is 2.98. The summed E-state index contributed by atoms with van der Waals surface area (Å²) in [7, 11) is 1.79. The summed E-state index contributed by atoms with van der Waals surface area (Å²) < 4.78 is 1.75. The Morgan fingerprint density at radius 1 is 1.00 bits per heavy atom. The second kappa shape index (κ2) is 10.5. The van der Waals surface area contributed by atoms with Crippen LogP contribution in [0.15, 0.2) is 52.5 Å². The fourth-order valence-corrected chi connectivity index (χ4v) is 4.26. The van der Waals surface area contributed by atoms with Gasteiger partial charge >= 0.3 is 0 Å². The van der Waals surface area contributed by atoms with Crippen LogP contribution in [0.2, 0.25) is 0 Å². The largest absolute Gasteiger partial charge is 0.325 e. The Hall–Kier alpha value is -2.78. The minimum absolute atomic E-state index is 0.102. The number of hydrogen-bond acceptors (Lipinski definition) is 6. The lowest BCUT2D eigenvalue weighted by atomic mass is 10.1. The first-order valence-corrected chi connectivity index (χ1v) is 11.9. The van der Waals surface area contributed by atoms with Crippen LogP contribution in [0.25, 0.3) is 0 Å². The third-order valence-electron chi connectivity index (χ3n) is 4.61. The van der Waals surface area contributed by atoms with Crippen LogP contribution in [0.1, 0.15) is 17.0 Å². The van der Waals surface area contributed by atoms with Gasteiger partial charge in [0.25, 0.3) is 0 Å². The number of nitrogens with zero attached hydrogens (tertiary/aromatic N) is 3. The zero-order chi connectivity index (χ0) is 22.4. The van der Waals surface area contributed by atoms with E-state index in [1.165, 1.54) is 11.8 Å². The molecule has 7 nitrogen and oxygen atoms in total. The molecule has 2 amide bonds. The van der Waals surface area contributed by atoms with Gasteiger partial charge in [-0.1, -0.05) is 41.6 Å². The van der Waals surface area contributed by atoms with Gasteiger partial charge in [-0.15, -0.1) is 22.0 Å². The van der Waals surface area contributed by atoms with E-state index in [-0.39, 0.29) is 24.0 Å². The van der Waals surface area contributed by atoms with Crippen molar-refractivity contribution in [2.45, 2.75) is 30.3 Å². The molecule has 3 aromatic rings. The number of benzene rings is 2. The average molecular weight is 456 g/mol. The Morgan fingerprint density at radius 2 is 1.74 bits per heavy atom. The summed E-state index contributed by atoms with van der Waals surface area (Å²) in [4.78, 5) is 25.8. The molecule has 0 saturated carbocycles. The van der Waals surface area contributed by atoms with Gasteiger partial charge in [0.15, 0.2) is 5.16 Å². The highest BCUT2D eigenvalue weighted by Gasteiger charge is 2.15. The van der Waals surface area contributed by atoms with E-state index in [1.54, 1.807) is 23.4 Å². The predicted molar refractivity (Wildman–Crippen MR) is 127 cm³/mol. The van der Waals surface area contributed by atoms with Crippen molar-refractivity contribution < 1.29 is 9.59 Å². The van der Waals surface area contributed by atoms with Gasteiger partial charge in [-0.3, -0.25) is 9.59 Å². The molecular weight excluding hydrogens is 430 g/mol. The smallest absolute Gasteiger partial charge is 0.234 e. The van der Waals surface area contributed by atoms with Crippen molar-refractivity contribution in [2.24, 2.45) is 7.05 Å². The molecule has 0 aliphatic heterocycles. The number of hydrogen-bond donors (Lipinski definition) is 2. The van der Waals surface area contributed by atoms with E-state index in [0.717, 1.165) is 27.4 Å². The molecule has 31 heavy (non-hydrogen) atoms. The van der Waals surface area contributed by atoms with Crippen molar-refractivity contribution >= 4 is 46.7 Å². The van der Waals surface area contributed by atoms with Gasteiger partial charge in [-0.25, -0.2) is 0 Å². The van der Waals surface area contributed by atoms with E-state index >= 15 is 0 Å². The number of carbonyl (C=O) groups excluding carboxylic acids is 2. The molecule has 0 spiro atoms. The second-order valence-electron chi connectivity index (χ2n) is 7.04. The van der Waals surface area contributed by atoms with Crippen molar-refractivity contribution in [3.05, 3.63) is 59.4 Å². The van der Waals surface area contributed by atoms with Crippen molar-refractivity contribution in [3.63, 3.8) is 0 Å². The molecule has 1 heterocycles. The second-order valence-corrected chi connectivity index (χ2v) is 8.83. The van der Waals surface area contributed by atoms with E-state index in [0.29, 0.717) is 11.0 Å². The summed E-state index contributed by atoms with van der Waals surface area (Å²) in [5.41, 5.74) is 3.74. The Bertz CT molecular complexity index is 1100. The Labute approximate surface area is 190 Å². The Morgan fingerprint density at radius 3 is 2.48 bits per heavy atom. The molecular formula is C22H25N5O2S2. The van der Waals surface area contributed by atoms with Crippen LogP contribution in [0.5, 0.6) is 0 Å². The van der Waals surface area contributed by atoms with E-state index < -0.39 is 0 Å². The van der Waals surface area contributed by atoms with Gasteiger partial charge in [0.1, 0.15) is 5.82 Å². The minimum Gasteiger partial charge on any atom is -0.325 e. The molecule has 2 N–H and O–H groups in total. The molecule has 0 radical (unpaired) electrons. The summed E-state index contributed by atoms with van der Waals surface area (Å²) in [5.74, 6) is 0.454. The summed E-state index contributed by atoms with van der Waals surface area (Å²) >= 11 is 2.86. The third-order valence-corrected chi connectivity index (χ3v) is 6.43. The SMILES string of the molecule is CSc1ccccc1NC(=O)CSc1nnc(CC(=O)Nc2ccc(C)cc2C)n1C. The average Bonchev–Trinajstić information content (AvgIpc) is 3.08. The van der Waals surface area contributed by atoms with Crippen LogP contribution < -0.4 is 10.6 Å². The van der Waals surface area contributed by atoms with Gasteiger partial charge in [0.2, 0.25) is 11.8 Å². The van der Waals surface area contributed by atoms with Gasteiger partial charge in [-0.05, 0) is 43.9 Å². The van der Waals surface area contributed by atoms with Gasteiger partial charge in [0, 0.05) is 17.6 Å². The first-order valence-electron chi connectivity index (χ1n) is 9.68. The lowest BCUT2D eigenvalue weighted by Crippen LogP contribution is -2.18. The van der Waals surface area contributed by atoms with Gasteiger partial charge in [0.05, 0.1) is 17.9 Å². The molecule has 0 aliphatic rings. The summed E-state index contributed by atoms with van der Waals surface area (Å²) in [6.45, 7) is 3.97. The van der Waals surface area contributed by atoms with Crippen molar-refractivity contribution in [1.29, 1.82) is 0 Å². The Kier molecular flexibility index (Phi) is 7.75. The number of amides is 2. The fraction of sp³-hybridized carbons (Fsp3) is 0.273. The zero-order valence-electron chi connectivity index (χ0n) is 17.9. The van der Waals surface area contributed by atoms with Crippen LogP contribution in [0.3, 0.4) is 0 Å². The number of carbonyl (C=O) groups is 2. The van der Waals surface area contributed by atoms with E-state index in [9.17, 15) is 9.59 Å². The zero-order valence-corrected chi connectivity index (χ0v) is 19.6. The summed E-state index contributed by atoms with van der Waals surface area (Å²) in [6.07, 6.45) is 2.07. The Balaban J connectivity index is 1.56. The van der Waals surface area contributed by atoms with Crippen molar-refractivity contribution in [2.75, 3.05) is 22.6 Å². The standard InChI is InChI=1S/C22H25N5O2S2/c1-14-9-10-16(15(2)11-14)23-20(28)12-19-25-26-22(27(19)3)31-13-21(29)24-17-7-5-6-8-18(17)30-4/h5-11H,12-13H2,1-4H3,(H,23,28)(H,24,29). The number of anilines is 2. The van der Waals surface area contributed by atoms with Crippen LogP contribution in [0.4, 0.5) is 11.4 Å². The molecule has 3 rings (SSSR count). The van der Waals surface area contributed by atoms with Crippen LogP contribution in [0, 0.1) is 13.8 Å². The number of para-hydroxylation sites is 1. The summed E-state index contributed by atoms with van der Waals surface area (Å²) in [5, 5.41) is 14.7. The number of aromatic nitrogens is 3. The van der Waals surface area contributed by atoms with Crippen LogP contribution >= 0.6 is 23.5 Å². The monoisotopic (exact) mass is 455 g/mol. The molecule has 0 fully saturated rings. The first-order chi connectivity index (χ1) is 14.9. The molecule has 0 unspecified atom stereocenters. The first kappa shape index (κ1) is 22.9. The normalized spacial score (nSPS) is 10.7. The quantitative estimate of drug-likeness (QED) is 0.498. The highest BCUT2D eigenvalue weighted by Crippen LogP contribution is 2.25. The highest BCUT2D eigenvalue weighted by atomic mass is 32.2. The maximum Gasteiger partial charge on any atom is 0.234 e. The third kappa shape index (κ3) is 6.11. The predicted octanol–water partition coefficient (Wildman–Crippen LogP) is 4.07. The number of nitrogens with one attached hydrogen (secondary N) is 2. The van der Waals surface area contributed by atoms with Crippen LogP contribution in [-0.2, 0) is 23.1 Å². The van der Waals surface area contributed by atoms with E-state index in [1.807, 2.05) is 62.6 Å². The molecule has 0 aliphatic carbocycles. The molecule has 2 aromatic carbocycles. The summed E-state index contributed by atoms with van der Waals surface area (Å²) in [6, 6.07) is 13.6. The van der Waals surface area contributed by atoms with Crippen LogP contribution in [-0.4, -0.2) is 38.6 Å². The molecule has 9 heteroatoms. The highest BCUT2D eigenvalue weighted by molar-refractivity contribution is 7.99. The van der Waals surface area contributed by atoms with Crippen molar-refractivity contribution in [1.82, 2.24) is 14.8 Å². The van der Waals surface area contributed by atoms with E-state index in [2.05, 4.69) is 20.8 Å². The number of thioether (sulfide) groups is 2. The topological polar surface area (TPSA) is 88.9 Å². The molecule has 162 valence electrons. The maximum atomic E-state index is 12.4. The molecule has 0 bridgehead atoms. The van der Waals surface area contributed by atoms with Gasteiger partial charge < -0.3 is 15.2 Å². The number of aryl methyl sites for hydroxylation is 2. The van der Waals surface area contributed by atoms with Crippen molar-refractivity contribution in [3.8, 4) is 0 Å². The molecule has 1 aromatic heterocycles. The lowest BCUT2D eigenvalue weighted by molar-refractivity contribution is -0.116. The molecule has 0 atom stereocenters. The maximum absolute atomic E-state index is 12.4. The molecule has 0 saturated heterocycles. The van der Waals surface area contributed by atoms with E-state index in [4.69, 9.17) is 0 Å². The lowest BCUT2D eigenvalue weighted by Gasteiger charge is -2.10.